The Morgan fingerprint density at radius 2 is 0.893 bits per heavy atom. The Hall–Kier alpha value is -3.26. The van der Waals surface area contributed by atoms with Crippen LogP contribution in [-0.2, 0) is 25.7 Å². The molecule has 4 aliphatic rings. The van der Waals surface area contributed by atoms with E-state index < -0.39 is 0 Å². The molecule has 28 heavy (non-hydrogen) atoms. The van der Waals surface area contributed by atoms with E-state index >= 15 is 0 Å². The van der Waals surface area contributed by atoms with E-state index in [1.165, 1.54) is 44.5 Å². The van der Waals surface area contributed by atoms with Gasteiger partial charge in [-0.15, -0.1) is 0 Å². The van der Waals surface area contributed by atoms with Gasteiger partial charge in [0, 0.05) is 24.8 Å². The third-order valence-electron chi connectivity index (χ3n) is 5.70. The molecule has 0 saturated carbocycles. The maximum Gasteiger partial charge on any atom is 0.0273 e. The first-order valence-corrected chi connectivity index (χ1v) is 9.91. The van der Waals surface area contributed by atoms with Crippen LogP contribution in [0.3, 0.4) is 0 Å². The minimum Gasteiger partial charge on any atom is -0.265 e. The first-order chi connectivity index (χ1) is 13.9. The predicted molar refractivity (Wildman–Crippen MR) is 114 cm³/mol. The van der Waals surface area contributed by atoms with Gasteiger partial charge in [0.15, 0.2) is 0 Å². The van der Waals surface area contributed by atoms with Crippen molar-refractivity contribution in [3.8, 4) is 22.3 Å². The van der Waals surface area contributed by atoms with Gasteiger partial charge in [0.1, 0.15) is 0 Å². The smallest absolute Gasteiger partial charge is 0.0273 e. The zero-order valence-corrected chi connectivity index (χ0v) is 15.8. The lowest BCUT2D eigenvalue weighted by molar-refractivity contribution is 0.925. The van der Waals surface area contributed by atoms with E-state index in [1.807, 2.05) is 24.8 Å². The quantitative estimate of drug-likeness (QED) is 0.457. The topological polar surface area (TPSA) is 25.8 Å². The van der Waals surface area contributed by atoms with E-state index in [0.717, 1.165) is 25.7 Å². The number of nitrogens with zero attached hydrogens (tertiary/aromatic N) is 2. The molecule has 136 valence electrons. The summed E-state index contributed by atoms with van der Waals surface area (Å²) in [4.78, 5) is 8.37. The molecule has 4 bridgehead atoms. The van der Waals surface area contributed by atoms with Crippen molar-refractivity contribution in [2.24, 2.45) is 0 Å². The number of hydrogen-bond donors (Lipinski definition) is 0. The molecule has 0 fully saturated rings. The van der Waals surface area contributed by atoms with E-state index in [-0.39, 0.29) is 0 Å². The summed E-state index contributed by atoms with van der Waals surface area (Å²) in [5.74, 6) is 0. The second-order valence-electron chi connectivity index (χ2n) is 7.45. The molecule has 4 aromatic rings. The summed E-state index contributed by atoms with van der Waals surface area (Å²) in [7, 11) is 0. The highest BCUT2D eigenvalue weighted by molar-refractivity contribution is 5.70. The standard InChI is InChI=1S/C26H22N2/c1-5-21-8-4-20-2-6-22(26(18-20)24-11-15-28-16-12-24)7-3-19(1)17-25(21)23-9-13-27-14-10-23/h1-2,5-6,9-18H,3-4,7-8H2. The summed E-state index contributed by atoms with van der Waals surface area (Å²) >= 11 is 0. The van der Waals surface area contributed by atoms with Gasteiger partial charge >= 0.3 is 0 Å². The summed E-state index contributed by atoms with van der Waals surface area (Å²) in [6.45, 7) is 0. The molecular formula is C26H22N2. The van der Waals surface area contributed by atoms with Crippen molar-refractivity contribution in [2.45, 2.75) is 25.7 Å². The lowest BCUT2D eigenvalue weighted by Gasteiger charge is -2.17. The maximum absolute atomic E-state index is 4.18. The molecule has 0 saturated heterocycles. The van der Waals surface area contributed by atoms with Crippen LogP contribution in [-0.4, -0.2) is 9.97 Å². The molecule has 0 amide bonds. The van der Waals surface area contributed by atoms with Gasteiger partial charge in [0.2, 0.25) is 0 Å². The van der Waals surface area contributed by atoms with E-state index in [4.69, 9.17) is 0 Å². The van der Waals surface area contributed by atoms with Crippen molar-refractivity contribution in [3.05, 3.63) is 108 Å². The Morgan fingerprint density at radius 3 is 1.32 bits per heavy atom. The molecule has 2 aromatic heterocycles. The van der Waals surface area contributed by atoms with Crippen LogP contribution in [0.25, 0.3) is 22.3 Å². The number of rotatable bonds is 2. The Balaban J connectivity index is 1.57. The molecule has 0 spiro atoms. The summed E-state index contributed by atoms with van der Waals surface area (Å²) in [5.41, 5.74) is 10.8. The fourth-order valence-corrected chi connectivity index (χ4v) is 4.15. The van der Waals surface area contributed by atoms with Crippen molar-refractivity contribution in [3.63, 3.8) is 0 Å². The highest BCUT2D eigenvalue weighted by Crippen LogP contribution is 2.30. The zero-order valence-electron chi connectivity index (χ0n) is 15.8. The SMILES string of the molecule is c1cc(-c2cc3ccc2CCc2ccc(c(-c4ccncc4)c2)CC3)ccn1. The van der Waals surface area contributed by atoms with Crippen molar-refractivity contribution < 1.29 is 0 Å². The molecule has 0 N–H and O–H groups in total. The molecule has 0 atom stereocenters. The van der Waals surface area contributed by atoms with Crippen molar-refractivity contribution >= 4 is 0 Å². The summed E-state index contributed by atoms with van der Waals surface area (Å²) in [5, 5.41) is 0. The minimum atomic E-state index is 1.03. The average molecular weight is 362 g/mol. The fraction of sp³-hybridized carbons (Fsp3) is 0.154. The van der Waals surface area contributed by atoms with E-state index in [2.05, 4.69) is 70.6 Å². The lowest BCUT2D eigenvalue weighted by atomic mass is 9.88. The molecule has 0 radical (unpaired) electrons. The Kier molecular flexibility index (Phi) is 4.46. The molecule has 0 unspecified atom stereocenters. The molecule has 2 heterocycles. The van der Waals surface area contributed by atoms with Crippen LogP contribution in [0.1, 0.15) is 22.3 Å². The highest BCUT2D eigenvalue weighted by atomic mass is 14.6. The highest BCUT2D eigenvalue weighted by Gasteiger charge is 2.12. The van der Waals surface area contributed by atoms with Gasteiger partial charge in [-0.1, -0.05) is 36.4 Å². The monoisotopic (exact) mass is 362 g/mol. The van der Waals surface area contributed by atoms with Crippen LogP contribution >= 0.6 is 0 Å². The Labute approximate surface area is 165 Å². The molecule has 2 nitrogen and oxygen atoms in total. The molecule has 0 aliphatic heterocycles. The van der Waals surface area contributed by atoms with Gasteiger partial charge in [-0.2, -0.15) is 0 Å². The van der Waals surface area contributed by atoms with Crippen LogP contribution in [0, 0.1) is 0 Å². The molecule has 8 rings (SSSR count). The number of benzene rings is 2. The van der Waals surface area contributed by atoms with Gasteiger partial charge < -0.3 is 0 Å². The van der Waals surface area contributed by atoms with Crippen LogP contribution in [0.2, 0.25) is 0 Å². The second-order valence-corrected chi connectivity index (χ2v) is 7.45. The maximum atomic E-state index is 4.18. The van der Waals surface area contributed by atoms with Gasteiger partial charge in [-0.25, -0.2) is 0 Å². The van der Waals surface area contributed by atoms with Crippen molar-refractivity contribution in [1.29, 1.82) is 0 Å². The van der Waals surface area contributed by atoms with Crippen LogP contribution in [0.4, 0.5) is 0 Å². The molecule has 2 aromatic carbocycles. The molecule has 2 heteroatoms. The Morgan fingerprint density at radius 1 is 0.464 bits per heavy atom. The summed E-state index contributed by atoms with van der Waals surface area (Å²) in [6, 6.07) is 22.5. The van der Waals surface area contributed by atoms with Crippen LogP contribution in [0.5, 0.6) is 0 Å². The number of aryl methyl sites for hydroxylation is 4. The van der Waals surface area contributed by atoms with E-state index in [0.29, 0.717) is 0 Å². The van der Waals surface area contributed by atoms with Crippen LogP contribution < -0.4 is 0 Å². The summed E-state index contributed by atoms with van der Waals surface area (Å²) < 4.78 is 0. The first kappa shape index (κ1) is 16.9. The third-order valence-corrected chi connectivity index (χ3v) is 5.70. The van der Waals surface area contributed by atoms with E-state index in [9.17, 15) is 0 Å². The zero-order chi connectivity index (χ0) is 18.8. The van der Waals surface area contributed by atoms with Gasteiger partial charge in [0.05, 0.1) is 0 Å². The first-order valence-electron chi connectivity index (χ1n) is 9.91. The third kappa shape index (κ3) is 3.34. The van der Waals surface area contributed by atoms with Crippen LogP contribution in [0.15, 0.2) is 85.5 Å². The number of hydrogen-bond acceptors (Lipinski definition) is 2. The number of aromatic nitrogens is 2. The van der Waals surface area contributed by atoms with Crippen molar-refractivity contribution in [1.82, 2.24) is 9.97 Å². The van der Waals surface area contributed by atoms with Gasteiger partial charge in [-0.3, -0.25) is 9.97 Å². The predicted octanol–water partition coefficient (Wildman–Crippen LogP) is 5.69. The summed E-state index contributed by atoms with van der Waals surface area (Å²) in [6.07, 6.45) is 11.7. The molecular weight excluding hydrogens is 340 g/mol. The van der Waals surface area contributed by atoms with Gasteiger partial charge in [0.25, 0.3) is 0 Å². The van der Waals surface area contributed by atoms with Gasteiger partial charge in [-0.05, 0) is 94.5 Å². The second kappa shape index (κ2) is 7.40. The average Bonchev–Trinajstić information content (AvgIpc) is 2.76. The largest absolute Gasteiger partial charge is 0.265 e. The van der Waals surface area contributed by atoms with Crippen molar-refractivity contribution in [2.75, 3.05) is 0 Å². The molecule has 4 aliphatic carbocycles. The lowest BCUT2D eigenvalue weighted by Crippen LogP contribution is -2.02. The fourth-order valence-electron chi connectivity index (χ4n) is 4.15. The normalized spacial score (nSPS) is 13.1. The Bertz CT molecular complexity index is 1010. The number of pyridine rings is 2. The van der Waals surface area contributed by atoms with E-state index in [1.54, 1.807) is 0 Å². The minimum absolute atomic E-state index is 1.03.